The lowest BCUT2D eigenvalue weighted by Gasteiger charge is -2.01. The summed E-state index contributed by atoms with van der Waals surface area (Å²) in [7, 11) is 0. The van der Waals surface area contributed by atoms with Crippen molar-refractivity contribution in [3.8, 4) is 0 Å². The second-order valence-electron chi connectivity index (χ2n) is 3.33. The number of rotatable bonds is 3. The first-order valence-corrected chi connectivity index (χ1v) is 5.26. The summed E-state index contributed by atoms with van der Waals surface area (Å²) in [6, 6.07) is 5.27. The van der Waals surface area contributed by atoms with Crippen molar-refractivity contribution in [2.75, 3.05) is 6.61 Å². The Morgan fingerprint density at radius 2 is 2.25 bits per heavy atom. The molecule has 0 bridgehead atoms. The van der Waals surface area contributed by atoms with Crippen molar-refractivity contribution in [2.45, 2.75) is 20.4 Å². The number of esters is 1. The van der Waals surface area contributed by atoms with E-state index in [9.17, 15) is 4.79 Å². The van der Waals surface area contributed by atoms with Crippen molar-refractivity contribution in [1.29, 1.82) is 0 Å². The van der Waals surface area contributed by atoms with E-state index in [0.717, 1.165) is 12.1 Å². The zero-order valence-corrected chi connectivity index (χ0v) is 9.30. The highest BCUT2D eigenvalue weighted by molar-refractivity contribution is 5.93. The van der Waals surface area contributed by atoms with Gasteiger partial charge in [0, 0.05) is 6.54 Å². The van der Waals surface area contributed by atoms with Crippen LogP contribution >= 0.6 is 0 Å². The number of hydrogen-bond donors (Lipinski definition) is 0. The maximum atomic E-state index is 11.5. The normalized spacial score (nSPS) is 10.6. The number of fused-ring (bicyclic) bond motifs is 1. The average Bonchev–Trinajstić information content (AvgIpc) is 2.71. The lowest BCUT2D eigenvalue weighted by Crippen LogP contribution is -2.04. The van der Waals surface area contributed by atoms with Gasteiger partial charge in [-0.3, -0.25) is 0 Å². The summed E-state index contributed by atoms with van der Waals surface area (Å²) in [6.45, 7) is 4.91. The van der Waals surface area contributed by atoms with Crippen molar-refractivity contribution < 1.29 is 9.53 Å². The lowest BCUT2D eigenvalue weighted by atomic mass is 10.2. The topological polar surface area (TPSA) is 57.0 Å². The molecular formula is C11H13N3O2. The molecule has 5 nitrogen and oxygen atoms in total. The summed E-state index contributed by atoms with van der Waals surface area (Å²) in [5.41, 5.74) is 2.15. The Bertz CT molecular complexity index is 519. The number of benzene rings is 1. The van der Waals surface area contributed by atoms with Crippen LogP contribution < -0.4 is 0 Å². The minimum absolute atomic E-state index is 0.324. The van der Waals surface area contributed by atoms with Gasteiger partial charge in [0.05, 0.1) is 17.7 Å². The molecule has 0 aliphatic heterocycles. The van der Waals surface area contributed by atoms with E-state index in [1.165, 1.54) is 0 Å². The second kappa shape index (κ2) is 4.30. The Morgan fingerprint density at radius 1 is 1.44 bits per heavy atom. The molecular weight excluding hydrogens is 206 g/mol. The molecule has 16 heavy (non-hydrogen) atoms. The number of carbonyl (C=O) groups excluding carboxylic acids is 1. The van der Waals surface area contributed by atoms with E-state index >= 15 is 0 Å². The van der Waals surface area contributed by atoms with Gasteiger partial charge in [-0.25, -0.2) is 9.48 Å². The lowest BCUT2D eigenvalue weighted by molar-refractivity contribution is 0.0526. The molecule has 84 valence electrons. The first-order chi connectivity index (χ1) is 7.76. The van der Waals surface area contributed by atoms with Gasteiger partial charge in [-0.2, -0.15) is 0 Å². The number of nitrogens with zero attached hydrogens (tertiary/aromatic N) is 3. The third kappa shape index (κ3) is 1.76. The zero-order chi connectivity index (χ0) is 11.5. The monoisotopic (exact) mass is 219 g/mol. The van der Waals surface area contributed by atoms with E-state index in [4.69, 9.17) is 4.74 Å². The van der Waals surface area contributed by atoms with Crippen molar-refractivity contribution in [1.82, 2.24) is 15.0 Å². The number of aromatic nitrogens is 3. The van der Waals surface area contributed by atoms with E-state index in [0.29, 0.717) is 17.7 Å². The molecule has 0 aliphatic rings. The molecule has 1 aromatic carbocycles. The molecule has 0 amide bonds. The second-order valence-corrected chi connectivity index (χ2v) is 3.33. The minimum atomic E-state index is -0.324. The van der Waals surface area contributed by atoms with Crippen LogP contribution in [0, 0.1) is 0 Å². The van der Waals surface area contributed by atoms with Crippen molar-refractivity contribution in [3.63, 3.8) is 0 Å². The van der Waals surface area contributed by atoms with Gasteiger partial charge in [-0.05, 0) is 32.0 Å². The Kier molecular flexibility index (Phi) is 2.85. The zero-order valence-electron chi connectivity index (χ0n) is 9.30. The molecule has 0 unspecified atom stereocenters. The molecule has 2 rings (SSSR count). The van der Waals surface area contributed by atoms with Gasteiger partial charge in [-0.1, -0.05) is 5.21 Å². The van der Waals surface area contributed by atoms with Crippen LogP contribution in [-0.4, -0.2) is 27.6 Å². The molecule has 1 aromatic heterocycles. The summed E-state index contributed by atoms with van der Waals surface area (Å²) >= 11 is 0. The molecule has 5 heteroatoms. The maximum Gasteiger partial charge on any atom is 0.338 e. The average molecular weight is 219 g/mol. The molecule has 0 spiro atoms. The molecule has 0 saturated carbocycles. The number of aryl methyl sites for hydroxylation is 1. The fraction of sp³-hybridized carbons (Fsp3) is 0.364. The van der Waals surface area contributed by atoms with Gasteiger partial charge in [0.15, 0.2) is 0 Å². The Hall–Kier alpha value is -1.91. The van der Waals surface area contributed by atoms with Crippen LogP contribution in [0.3, 0.4) is 0 Å². The number of hydrogen-bond acceptors (Lipinski definition) is 4. The molecule has 0 atom stereocenters. The van der Waals surface area contributed by atoms with E-state index in [-0.39, 0.29) is 5.97 Å². The van der Waals surface area contributed by atoms with E-state index in [1.807, 2.05) is 13.0 Å². The van der Waals surface area contributed by atoms with Crippen molar-refractivity contribution in [3.05, 3.63) is 23.8 Å². The van der Waals surface area contributed by atoms with Crippen LogP contribution in [0.5, 0.6) is 0 Å². The number of carbonyl (C=O) groups is 1. The Morgan fingerprint density at radius 3 is 2.94 bits per heavy atom. The highest BCUT2D eigenvalue weighted by atomic mass is 16.5. The fourth-order valence-corrected chi connectivity index (χ4v) is 1.55. The summed E-state index contributed by atoms with van der Waals surface area (Å²) < 4.78 is 6.70. The third-order valence-electron chi connectivity index (χ3n) is 2.32. The van der Waals surface area contributed by atoms with Gasteiger partial charge in [-0.15, -0.1) is 5.10 Å². The first kappa shape index (κ1) is 10.6. The van der Waals surface area contributed by atoms with E-state index in [2.05, 4.69) is 10.3 Å². The Balaban J connectivity index is 2.41. The van der Waals surface area contributed by atoms with E-state index in [1.54, 1.807) is 23.7 Å². The summed E-state index contributed by atoms with van der Waals surface area (Å²) in [6.07, 6.45) is 0. The van der Waals surface area contributed by atoms with Crippen LogP contribution in [-0.2, 0) is 11.3 Å². The molecule has 0 N–H and O–H groups in total. The molecule has 0 aliphatic carbocycles. The molecule has 0 radical (unpaired) electrons. The van der Waals surface area contributed by atoms with Gasteiger partial charge in [0.2, 0.25) is 0 Å². The predicted octanol–water partition coefficient (Wildman–Crippen LogP) is 1.63. The standard InChI is InChI=1S/C11H13N3O2/c1-3-14-10-6-5-8(11(15)16-4-2)7-9(10)12-13-14/h5-7H,3-4H2,1-2H3. The van der Waals surface area contributed by atoms with Crippen LogP contribution in [0.4, 0.5) is 0 Å². The van der Waals surface area contributed by atoms with Crippen molar-refractivity contribution >= 4 is 17.0 Å². The van der Waals surface area contributed by atoms with Crippen molar-refractivity contribution in [2.24, 2.45) is 0 Å². The molecule has 0 fully saturated rings. The van der Waals surface area contributed by atoms with Gasteiger partial charge in [0.1, 0.15) is 5.52 Å². The van der Waals surface area contributed by atoms with Gasteiger partial charge in [0.25, 0.3) is 0 Å². The first-order valence-electron chi connectivity index (χ1n) is 5.26. The molecule has 1 heterocycles. The summed E-state index contributed by atoms with van der Waals surface area (Å²) in [5.74, 6) is -0.324. The van der Waals surface area contributed by atoms with Gasteiger partial charge >= 0.3 is 5.97 Å². The van der Waals surface area contributed by atoms with E-state index < -0.39 is 0 Å². The Labute approximate surface area is 93.0 Å². The predicted molar refractivity (Wildman–Crippen MR) is 59.2 cm³/mol. The van der Waals surface area contributed by atoms with Gasteiger partial charge < -0.3 is 4.74 Å². The van der Waals surface area contributed by atoms with Crippen LogP contribution in [0.15, 0.2) is 18.2 Å². The quantitative estimate of drug-likeness (QED) is 0.736. The van der Waals surface area contributed by atoms with Crippen LogP contribution in [0.25, 0.3) is 11.0 Å². The molecule has 0 saturated heterocycles. The molecule has 2 aromatic rings. The largest absolute Gasteiger partial charge is 0.462 e. The van der Waals surface area contributed by atoms with Crippen LogP contribution in [0.2, 0.25) is 0 Å². The summed E-state index contributed by atoms with van der Waals surface area (Å²) in [5, 5.41) is 7.97. The maximum absolute atomic E-state index is 11.5. The third-order valence-corrected chi connectivity index (χ3v) is 2.32. The smallest absolute Gasteiger partial charge is 0.338 e. The summed E-state index contributed by atoms with van der Waals surface area (Å²) in [4.78, 5) is 11.5. The van der Waals surface area contributed by atoms with Crippen LogP contribution in [0.1, 0.15) is 24.2 Å². The minimum Gasteiger partial charge on any atom is -0.462 e. The SMILES string of the molecule is CCOC(=O)c1ccc2c(c1)nnn2CC. The fourth-order valence-electron chi connectivity index (χ4n) is 1.55. The number of ether oxygens (including phenoxy) is 1. The highest BCUT2D eigenvalue weighted by Crippen LogP contribution is 2.14. The highest BCUT2D eigenvalue weighted by Gasteiger charge is 2.09.